The molecule has 1 aromatic rings. The van der Waals surface area contributed by atoms with E-state index in [0.717, 1.165) is 5.56 Å². The van der Waals surface area contributed by atoms with E-state index >= 15 is 0 Å². The van der Waals surface area contributed by atoms with Gasteiger partial charge >= 0.3 is 6.61 Å². The number of para-hydroxylation sites is 1. The summed E-state index contributed by atoms with van der Waals surface area (Å²) in [6.07, 6.45) is 0. The van der Waals surface area contributed by atoms with Gasteiger partial charge in [-0.15, -0.1) is 0 Å². The Hall–Kier alpha value is -1.16. The normalized spacial score (nSPS) is 15.4. The van der Waals surface area contributed by atoms with E-state index in [1.807, 2.05) is 19.1 Å². The summed E-state index contributed by atoms with van der Waals surface area (Å²) in [7, 11) is 0. The number of nitrogens with one attached hydrogen (secondary N) is 1. The predicted octanol–water partition coefficient (Wildman–Crippen LogP) is 4.37. The van der Waals surface area contributed by atoms with Crippen LogP contribution >= 0.6 is 0 Å². The Bertz CT molecular complexity index is 401. The topological polar surface area (TPSA) is 21.3 Å². The number of hydrogen-bond donors (Lipinski definition) is 1. The highest BCUT2D eigenvalue weighted by atomic mass is 19.3. The van der Waals surface area contributed by atoms with Crippen LogP contribution in [-0.2, 0) is 0 Å². The molecule has 108 valence electrons. The van der Waals surface area contributed by atoms with E-state index < -0.39 is 6.61 Å². The van der Waals surface area contributed by atoms with Crippen molar-refractivity contribution >= 4 is 0 Å². The lowest BCUT2D eigenvalue weighted by molar-refractivity contribution is -0.0507. The fourth-order valence-corrected chi connectivity index (χ4v) is 1.76. The van der Waals surface area contributed by atoms with Crippen LogP contribution in [0, 0.1) is 5.41 Å². The Morgan fingerprint density at radius 1 is 1.11 bits per heavy atom. The number of ether oxygens (including phenoxy) is 1. The highest BCUT2D eigenvalue weighted by molar-refractivity contribution is 5.35. The van der Waals surface area contributed by atoms with E-state index in [0.29, 0.717) is 0 Å². The first-order chi connectivity index (χ1) is 8.71. The molecular weight excluding hydrogens is 248 g/mol. The maximum Gasteiger partial charge on any atom is 0.387 e. The van der Waals surface area contributed by atoms with E-state index in [4.69, 9.17) is 0 Å². The second-order valence-electron chi connectivity index (χ2n) is 5.89. The average Bonchev–Trinajstić information content (AvgIpc) is 2.27. The molecule has 0 aromatic heterocycles. The van der Waals surface area contributed by atoms with Gasteiger partial charge in [0, 0.05) is 17.6 Å². The number of hydrogen-bond acceptors (Lipinski definition) is 2. The number of alkyl halides is 2. The quantitative estimate of drug-likeness (QED) is 0.858. The summed E-state index contributed by atoms with van der Waals surface area (Å²) in [5, 5.41) is 3.42. The van der Waals surface area contributed by atoms with E-state index in [-0.39, 0.29) is 23.2 Å². The largest absolute Gasteiger partial charge is 0.434 e. The Balaban J connectivity index is 2.84. The summed E-state index contributed by atoms with van der Waals surface area (Å²) in [6, 6.07) is 7.10. The van der Waals surface area contributed by atoms with Crippen molar-refractivity contribution in [3.63, 3.8) is 0 Å². The van der Waals surface area contributed by atoms with Crippen molar-refractivity contribution in [2.24, 2.45) is 5.41 Å². The summed E-state index contributed by atoms with van der Waals surface area (Å²) in [4.78, 5) is 0. The maximum absolute atomic E-state index is 12.4. The molecule has 0 amide bonds. The lowest BCUT2D eigenvalue weighted by atomic mass is 9.87. The van der Waals surface area contributed by atoms with Crippen molar-refractivity contribution in [1.82, 2.24) is 5.32 Å². The van der Waals surface area contributed by atoms with Crippen molar-refractivity contribution in [2.45, 2.75) is 53.3 Å². The number of benzene rings is 1. The van der Waals surface area contributed by atoms with E-state index in [9.17, 15) is 8.78 Å². The van der Waals surface area contributed by atoms with Gasteiger partial charge in [-0.1, -0.05) is 39.0 Å². The molecular formula is C15H23F2NO. The molecule has 2 atom stereocenters. The third-order valence-corrected chi connectivity index (χ3v) is 3.40. The summed E-state index contributed by atoms with van der Waals surface area (Å²) in [6.45, 7) is 7.66. The van der Waals surface area contributed by atoms with Crippen molar-refractivity contribution in [3.05, 3.63) is 29.8 Å². The molecule has 19 heavy (non-hydrogen) atoms. The highest BCUT2D eigenvalue weighted by Gasteiger charge is 2.23. The number of halogens is 2. The van der Waals surface area contributed by atoms with Crippen molar-refractivity contribution in [2.75, 3.05) is 0 Å². The molecule has 0 saturated carbocycles. The highest BCUT2D eigenvalue weighted by Crippen LogP contribution is 2.28. The Morgan fingerprint density at radius 2 is 1.68 bits per heavy atom. The van der Waals surface area contributed by atoms with E-state index in [1.54, 1.807) is 12.1 Å². The van der Waals surface area contributed by atoms with Gasteiger partial charge < -0.3 is 10.1 Å². The second kappa shape index (κ2) is 6.33. The van der Waals surface area contributed by atoms with Crippen LogP contribution in [-0.4, -0.2) is 12.7 Å². The van der Waals surface area contributed by atoms with Crippen LogP contribution in [0.1, 0.15) is 46.2 Å². The molecule has 0 spiro atoms. The van der Waals surface area contributed by atoms with Crippen LogP contribution in [0.3, 0.4) is 0 Å². The Kier molecular flexibility index (Phi) is 5.29. The maximum atomic E-state index is 12.4. The zero-order chi connectivity index (χ0) is 14.6. The lowest BCUT2D eigenvalue weighted by Crippen LogP contribution is -2.39. The van der Waals surface area contributed by atoms with Crippen molar-refractivity contribution in [1.29, 1.82) is 0 Å². The van der Waals surface area contributed by atoms with Gasteiger partial charge in [-0.3, -0.25) is 0 Å². The standard InChI is InChI=1S/C15H23F2NO/c1-10(18-11(2)15(3,4)5)12-8-6-7-9-13(12)19-14(16)17/h6-11,14,18H,1-5H3. The molecule has 1 rings (SSSR count). The molecule has 0 heterocycles. The van der Waals surface area contributed by atoms with Gasteiger partial charge in [-0.05, 0) is 25.3 Å². The molecule has 1 aromatic carbocycles. The van der Waals surface area contributed by atoms with Crippen LogP contribution in [0.5, 0.6) is 5.75 Å². The first-order valence-electron chi connectivity index (χ1n) is 6.51. The average molecular weight is 271 g/mol. The molecule has 0 radical (unpaired) electrons. The molecule has 0 fully saturated rings. The van der Waals surface area contributed by atoms with Crippen LogP contribution < -0.4 is 10.1 Å². The predicted molar refractivity (Wildman–Crippen MR) is 73.5 cm³/mol. The van der Waals surface area contributed by atoms with Gasteiger partial charge in [0.05, 0.1) is 0 Å². The van der Waals surface area contributed by atoms with Crippen LogP contribution in [0.25, 0.3) is 0 Å². The first kappa shape index (κ1) is 15.9. The molecule has 1 N–H and O–H groups in total. The Morgan fingerprint density at radius 3 is 2.21 bits per heavy atom. The van der Waals surface area contributed by atoms with E-state index in [2.05, 4.69) is 37.7 Å². The van der Waals surface area contributed by atoms with E-state index in [1.165, 1.54) is 0 Å². The lowest BCUT2D eigenvalue weighted by Gasteiger charge is -2.31. The van der Waals surface area contributed by atoms with Crippen molar-refractivity contribution in [3.8, 4) is 5.75 Å². The fourth-order valence-electron chi connectivity index (χ4n) is 1.76. The molecule has 2 nitrogen and oxygen atoms in total. The molecule has 0 saturated heterocycles. The van der Waals surface area contributed by atoms with Crippen LogP contribution in [0.4, 0.5) is 8.78 Å². The minimum atomic E-state index is -2.80. The fraction of sp³-hybridized carbons (Fsp3) is 0.600. The van der Waals surface area contributed by atoms with Gasteiger partial charge in [0.2, 0.25) is 0 Å². The second-order valence-corrected chi connectivity index (χ2v) is 5.89. The third kappa shape index (κ3) is 4.78. The first-order valence-corrected chi connectivity index (χ1v) is 6.51. The van der Waals surface area contributed by atoms with Crippen LogP contribution in [0.15, 0.2) is 24.3 Å². The zero-order valence-electron chi connectivity index (χ0n) is 12.2. The van der Waals surface area contributed by atoms with Gasteiger partial charge in [0.1, 0.15) is 5.75 Å². The summed E-state index contributed by atoms with van der Waals surface area (Å²) < 4.78 is 29.3. The van der Waals surface area contributed by atoms with Gasteiger partial charge in [0.25, 0.3) is 0 Å². The summed E-state index contributed by atoms with van der Waals surface area (Å²) >= 11 is 0. The molecule has 2 unspecified atom stereocenters. The van der Waals surface area contributed by atoms with Crippen LogP contribution in [0.2, 0.25) is 0 Å². The minimum Gasteiger partial charge on any atom is -0.434 e. The zero-order valence-corrected chi connectivity index (χ0v) is 12.2. The van der Waals surface area contributed by atoms with Gasteiger partial charge in [-0.2, -0.15) is 8.78 Å². The molecule has 0 aliphatic heterocycles. The summed E-state index contributed by atoms with van der Waals surface area (Å²) in [5.41, 5.74) is 0.853. The Labute approximate surface area is 114 Å². The smallest absolute Gasteiger partial charge is 0.387 e. The number of rotatable bonds is 5. The molecule has 0 aliphatic rings. The molecule has 0 aliphatic carbocycles. The van der Waals surface area contributed by atoms with Crippen molar-refractivity contribution < 1.29 is 13.5 Å². The molecule has 0 bridgehead atoms. The monoisotopic (exact) mass is 271 g/mol. The minimum absolute atomic E-state index is 0.0517. The van der Waals surface area contributed by atoms with Gasteiger partial charge in [0.15, 0.2) is 0 Å². The SMILES string of the molecule is CC(NC(C)C(C)(C)C)c1ccccc1OC(F)F. The summed E-state index contributed by atoms with van der Waals surface area (Å²) in [5.74, 6) is 0.235. The molecule has 4 heteroatoms. The van der Waals surface area contributed by atoms with Gasteiger partial charge in [-0.25, -0.2) is 0 Å². The third-order valence-electron chi connectivity index (χ3n) is 3.40.